The Labute approximate surface area is 122 Å². The van der Waals surface area contributed by atoms with Crippen molar-refractivity contribution < 1.29 is 18.8 Å². The van der Waals surface area contributed by atoms with Crippen molar-refractivity contribution in [1.29, 1.82) is 0 Å². The summed E-state index contributed by atoms with van der Waals surface area (Å²) in [7, 11) is 0. The van der Waals surface area contributed by atoms with Crippen molar-refractivity contribution in [3.05, 3.63) is 29.8 Å². The lowest BCUT2D eigenvalue weighted by molar-refractivity contribution is -0.0203. The van der Waals surface area contributed by atoms with Gasteiger partial charge in [-0.25, -0.2) is 4.39 Å². The topological polar surface area (TPSA) is 68.4 Å². The first-order valence-electron chi connectivity index (χ1n) is 6.77. The predicted octanol–water partition coefficient (Wildman–Crippen LogP) is 3.71. The van der Waals surface area contributed by atoms with Gasteiger partial charge in [-0.2, -0.15) is 4.98 Å². The van der Waals surface area contributed by atoms with Gasteiger partial charge in [0.05, 0.1) is 5.56 Å². The average molecular weight is 294 g/mol. The van der Waals surface area contributed by atoms with Crippen molar-refractivity contribution in [3.8, 4) is 17.2 Å². The van der Waals surface area contributed by atoms with Crippen molar-refractivity contribution >= 4 is 0 Å². The highest BCUT2D eigenvalue weighted by atomic mass is 19.1. The third-order valence-electron chi connectivity index (χ3n) is 2.99. The number of nitrogens with zero attached hydrogens (tertiary/aromatic N) is 2. The Bertz CT molecular complexity index is 620. The molecule has 0 aliphatic carbocycles. The van der Waals surface area contributed by atoms with Crippen molar-refractivity contribution in [2.75, 3.05) is 6.61 Å². The van der Waals surface area contributed by atoms with Gasteiger partial charge in [-0.05, 0) is 30.5 Å². The first-order chi connectivity index (χ1) is 9.82. The van der Waals surface area contributed by atoms with Crippen molar-refractivity contribution in [2.24, 2.45) is 5.41 Å². The van der Waals surface area contributed by atoms with E-state index in [0.29, 0.717) is 12.4 Å². The summed E-state index contributed by atoms with van der Waals surface area (Å²) >= 11 is 0. The highest BCUT2D eigenvalue weighted by molar-refractivity contribution is 5.61. The SMILES string of the molecule is CCOC(c1noc(-c2cc(F)ccc2O)n1)C(C)(C)C. The van der Waals surface area contributed by atoms with Gasteiger partial charge >= 0.3 is 0 Å². The molecule has 0 aliphatic heterocycles. The van der Waals surface area contributed by atoms with Gasteiger partial charge in [0.2, 0.25) is 5.82 Å². The monoisotopic (exact) mass is 294 g/mol. The number of rotatable bonds is 4. The van der Waals surface area contributed by atoms with E-state index in [-0.39, 0.29) is 28.7 Å². The van der Waals surface area contributed by atoms with E-state index in [1.807, 2.05) is 27.7 Å². The lowest BCUT2D eigenvalue weighted by Crippen LogP contribution is -2.22. The third-order valence-corrected chi connectivity index (χ3v) is 2.99. The van der Waals surface area contributed by atoms with Crippen LogP contribution in [0.2, 0.25) is 0 Å². The van der Waals surface area contributed by atoms with Gasteiger partial charge in [0, 0.05) is 6.61 Å². The number of aromatic hydroxyl groups is 1. The summed E-state index contributed by atoms with van der Waals surface area (Å²) in [5.74, 6) is -0.158. The van der Waals surface area contributed by atoms with Crippen molar-refractivity contribution in [2.45, 2.75) is 33.8 Å². The third kappa shape index (κ3) is 3.39. The van der Waals surface area contributed by atoms with Gasteiger partial charge in [-0.15, -0.1) is 0 Å². The van der Waals surface area contributed by atoms with Gasteiger partial charge in [0.1, 0.15) is 17.7 Å². The number of ether oxygens (including phenoxy) is 1. The van der Waals surface area contributed by atoms with Crippen LogP contribution >= 0.6 is 0 Å². The number of halogens is 1. The molecule has 2 rings (SSSR count). The Morgan fingerprint density at radius 2 is 2.10 bits per heavy atom. The van der Waals surface area contributed by atoms with Gasteiger partial charge in [0.15, 0.2) is 0 Å². The Balaban J connectivity index is 2.38. The molecule has 0 saturated heterocycles. The fraction of sp³-hybridized carbons (Fsp3) is 0.467. The molecule has 0 saturated carbocycles. The van der Waals surface area contributed by atoms with Crippen molar-refractivity contribution in [3.63, 3.8) is 0 Å². The lowest BCUT2D eigenvalue weighted by atomic mass is 9.88. The Kier molecular flexibility index (Phi) is 4.27. The summed E-state index contributed by atoms with van der Waals surface area (Å²) in [6.07, 6.45) is -0.351. The van der Waals surface area contributed by atoms with Crippen LogP contribution in [0, 0.1) is 11.2 Å². The first-order valence-corrected chi connectivity index (χ1v) is 6.77. The molecule has 2 aromatic rings. The molecule has 6 heteroatoms. The molecule has 1 aromatic heterocycles. The van der Waals surface area contributed by atoms with Crippen LogP contribution in [0.1, 0.15) is 39.6 Å². The van der Waals surface area contributed by atoms with Crippen LogP contribution < -0.4 is 0 Å². The van der Waals surface area contributed by atoms with E-state index >= 15 is 0 Å². The Morgan fingerprint density at radius 3 is 2.71 bits per heavy atom. The number of aromatic nitrogens is 2. The number of hydrogen-bond donors (Lipinski definition) is 1. The van der Waals surface area contributed by atoms with Crippen LogP contribution in [0.15, 0.2) is 22.7 Å². The second-order valence-electron chi connectivity index (χ2n) is 5.82. The van der Waals surface area contributed by atoms with Crippen LogP contribution in [0.4, 0.5) is 4.39 Å². The summed E-state index contributed by atoms with van der Waals surface area (Å²) in [4.78, 5) is 4.24. The maximum absolute atomic E-state index is 13.3. The van der Waals surface area contributed by atoms with E-state index in [0.717, 1.165) is 12.1 Å². The van der Waals surface area contributed by atoms with Crippen LogP contribution in [-0.2, 0) is 4.74 Å². The average Bonchev–Trinajstić information content (AvgIpc) is 2.86. The number of phenolic OH excluding ortho intramolecular Hbond substituents is 1. The van der Waals surface area contributed by atoms with E-state index in [1.165, 1.54) is 6.07 Å². The fourth-order valence-corrected chi connectivity index (χ4v) is 2.01. The van der Waals surface area contributed by atoms with Crippen molar-refractivity contribution in [1.82, 2.24) is 10.1 Å². The minimum atomic E-state index is -0.486. The molecule has 21 heavy (non-hydrogen) atoms. The van der Waals surface area contributed by atoms with E-state index in [1.54, 1.807) is 0 Å². The van der Waals surface area contributed by atoms with Crippen LogP contribution in [-0.4, -0.2) is 21.9 Å². The summed E-state index contributed by atoms with van der Waals surface area (Å²) in [6.45, 7) is 8.41. The molecule has 0 amide bonds. The molecular weight excluding hydrogens is 275 g/mol. The van der Waals surface area contributed by atoms with E-state index < -0.39 is 5.82 Å². The second-order valence-corrected chi connectivity index (χ2v) is 5.82. The minimum absolute atomic E-state index is 0.0657. The fourth-order valence-electron chi connectivity index (χ4n) is 2.01. The second kappa shape index (κ2) is 5.81. The quantitative estimate of drug-likeness (QED) is 0.931. The standard InChI is InChI=1S/C15H19FN2O3/c1-5-20-12(15(2,3)4)13-17-14(21-18-13)10-8-9(16)6-7-11(10)19/h6-8,12,19H,5H2,1-4H3. The molecule has 0 bridgehead atoms. The highest BCUT2D eigenvalue weighted by Crippen LogP contribution is 2.36. The maximum atomic E-state index is 13.3. The highest BCUT2D eigenvalue weighted by Gasteiger charge is 2.31. The van der Waals surface area contributed by atoms with E-state index in [9.17, 15) is 9.50 Å². The number of phenols is 1. The molecule has 114 valence electrons. The van der Waals surface area contributed by atoms with Crippen LogP contribution in [0.25, 0.3) is 11.5 Å². The summed E-state index contributed by atoms with van der Waals surface area (Å²) in [5.41, 5.74) is -0.0564. The smallest absolute Gasteiger partial charge is 0.261 e. The number of benzene rings is 1. The molecular formula is C15H19FN2O3. The molecule has 1 atom stereocenters. The Morgan fingerprint density at radius 1 is 1.38 bits per heavy atom. The molecule has 1 N–H and O–H groups in total. The largest absolute Gasteiger partial charge is 0.507 e. The van der Waals surface area contributed by atoms with Crippen LogP contribution in [0.3, 0.4) is 0 Å². The van der Waals surface area contributed by atoms with Crippen LogP contribution in [0.5, 0.6) is 5.75 Å². The molecule has 0 fully saturated rings. The summed E-state index contributed by atoms with van der Waals surface area (Å²) in [6, 6.07) is 3.56. The lowest BCUT2D eigenvalue weighted by Gasteiger charge is -2.27. The molecule has 5 nitrogen and oxygen atoms in total. The predicted molar refractivity (Wildman–Crippen MR) is 75.2 cm³/mol. The Hall–Kier alpha value is -1.95. The zero-order valence-electron chi connectivity index (χ0n) is 12.6. The van der Waals surface area contributed by atoms with Gasteiger partial charge in [-0.1, -0.05) is 25.9 Å². The van der Waals surface area contributed by atoms with E-state index in [2.05, 4.69) is 10.1 Å². The molecule has 0 aliphatic rings. The zero-order chi connectivity index (χ0) is 15.6. The maximum Gasteiger partial charge on any atom is 0.261 e. The summed E-state index contributed by atoms with van der Waals surface area (Å²) < 4.78 is 24.1. The minimum Gasteiger partial charge on any atom is -0.507 e. The molecule has 1 heterocycles. The normalized spacial score (nSPS) is 13.4. The molecule has 1 aromatic carbocycles. The number of hydrogen-bond acceptors (Lipinski definition) is 5. The molecule has 1 unspecified atom stereocenters. The van der Waals surface area contributed by atoms with Gasteiger partial charge < -0.3 is 14.4 Å². The zero-order valence-corrected chi connectivity index (χ0v) is 12.6. The first kappa shape index (κ1) is 15.4. The van der Waals surface area contributed by atoms with Gasteiger partial charge in [0.25, 0.3) is 5.89 Å². The molecule has 0 spiro atoms. The van der Waals surface area contributed by atoms with E-state index in [4.69, 9.17) is 9.26 Å². The summed E-state index contributed by atoms with van der Waals surface area (Å²) in [5, 5.41) is 13.7. The van der Waals surface area contributed by atoms with Gasteiger partial charge in [-0.3, -0.25) is 0 Å². The molecule has 0 radical (unpaired) electrons.